The minimum atomic E-state index is -3.23. The molecular formula is C10H24N2O2S. The maximum absolute atomic E-state index is 11.9. The van der Waals surface area contributed by atoms with Crippen LogP contribution in [-0.2, 0) is 10.0 Å². The fraction of sp³-hybridized carbons (Fsp3) is 1.00. The van der Waals surface area contributed by atoms with Gasteiger partial charge in [-0.2, -0.15) is 0 Å². The molecule has 92 valence electrons. The molecular weight excluding hydrogens is 212 g/mol. The minimum absolute atomic E-state index is 0.0315. The Morgan fingerprint density at radius 2 is 1.67 bits per heavy atom. The molecule has 4 nitrogen and oxygen atoms in total. The molecule has 2 N–H and O–H groups in total. The molecule has 0 aromatic carbocycles. The number of sulfonamides is 1. The Balaban J connectivity index is 4.62. The van der Waals surface area contributed by atoms with Crippen LogP contribution in [0.4, 0.5) is 0 Å². The summed E-state index contributed by atoms with van der Waals surface area (Å²) in [5, 5.41) is -0.503. The average Bonchev–Trinajstić information content (AvgIpc) is 2.13. The molecule has 0 fully saturated rings. The molecule has 0 heterocycles. The van der Waals surface area contributed by atoms with E-state index in [0.717, 1.165) is 6.42 Å². The molecule has 0 aromatic rings. The van der Waals surface area contributed by atoms with Gasteiger partial charge in [0.1, 0.15) is 0 Å². The van der Waals surface area contributed by atoms with Gasteiger partial charge in [0, 0.05) is 19.6 Å². The van der Waals surface area contributed by atoms with Crippen LogP contribution in [0.3, 0.4) is 0 Å². The lowest BCUT2D eigenvalue weighted by Gasteiger charge is -2.28. The third kappa shape index (κ3) is 4.09. The molecule has 0 aliphatic carbocycles. The Hall–Kier alpha value is -0.130. The van der Waals surface area contributed by atoms with Gasteiger partial charge in [0.2, 0.25) is 10.0 Å². The number of hydrogen-bond donors (Lipinski definition) is 1. The lowest BCUT2D eigenvalue weighted by atomic mass is 10.1. The lowest BCUT2D eigenvalue weighted by Crippen LogP contribution is -2.43. The van der Waals surface area contributed by atoms with Crippen molar-refractivity contribution in [3.05, 3.63) is 0 Å². The molecule has 0 saturated heterocycles. The third-order valence-electron chi connectivity index (χ3n) is 2.68. The smallest absolute Gasteiger partial charge is 0.217 e. The van der Waals surface area contributed by atoms with E-state index >= 15 is 0 Å². The molecule has 0 aliphatic rings. The highest BCUT2D eigenvalue weighted by atomic mass is 32.2. The molecule has 0 aliphatic heterocycles. The molecule has 0 amide bonds. The van der Waals surface area contributed by atoms with Crippen molar-refractivity contribution in [2.24, 2.45) is 11.7 Å². The van der Waals surface area contributed by atoms with Crippen LogP contribution in [0.25, 0.3) is 0 Å². The summed E-state index contributed by atoms with van der Waals surface area (Å²) in [6.45, 7) is 7.92. The summed E-state index contributed by atoms with van der Waals surface area (Å²) >= 11 is 0. The monoisotopic (exact) mass is 236 g/mol. The molecule has 15 heavy (non-hydrogen) atoms. The van der Waals surface area contributed by atoms with Gasteiger partial charge in [-0.1, -0.05) is 13.8 Å². The fourth-order valence-electron chi connectivity index (χ4n) is 1.49. The lowest BCUT2D eigenvalue weighted by molar-refractivity contribution is 0.335. The van der Waals surface area contributed by atoms with E-state index in [1.807, 2.05) is 6.92 Å². The van der Waals surface area contributed by atoms with Gasteiger partial charge in [0.15, 0.2) is 0 Å². The number of nitrogens with zero attached hydrogens (tertiary/aromatic N) is 1. The van der Waals surface area contributed by atoms with Crippen molar-refractivity contribution in [2.45, 2.75) is 45.4 Å². The number of rotatable bonds is 6. The summed E-state index contributed by atoms with van der Waals surface area (Å²) in [6, 6.07) is 0.0315. The first kappa shape index (κ1) is 14.9. The number of nitrogens with two attached hydrogens (primary N) is 1. The first-order chi connectivity index (χ1) is 6.73. The minimum Gasteiger partial charge on any atom is -0.329 e. The van der Waals surface area contributed by atoms with Gasteiger partial charge in [-0.15, -0.1) is 0 Å². The van der Waals surface area contributed by atoms with Crippen molar-refractivity contribution in [2.75, 3.05) is 13.6 Å². The largest absolute Gasteiger partial charge is 0.329 e. The van der Waals surface area contributed by atoms with E-state index in [9.17, 15) is 8.42 Å². The predicted molar refractivity (Wildman–Crippen MR) is 64.1 cm³/mol. The summed E-state index contributed by atoms with van der Waals surface area (Å²) in [7, 11) is -1.59. The summed E-state index contributed by atoms with van der Waals surface area (Å²) in [5.74, 6) is 0.492. The van der Waals surface area contributed by atoms with Crippen LogP contribution in [-0.4, -0.2) is 37.6 Å². The summed E-state index contributed by atoms with van der Waals surface area (Å²) in [5.41, 5.74) is 5.39. The highest BCUT2D eigenvalue weighted by Gasteiger charge is 2.28. The summed E-state index contributed by atoms with van der Waals surface area (Å²) < 4.78 is 25.3. The standard InChI is InChI=1S/C10H24N2O2S/c1-8(2)6-9(3)12(5)15(13,14)10(4)7-11/h8-10H,6-7,11H2,1-5H3. The van der Waals surface area contributed by atoms with Crippen molar-refractivity contribution >= 4 is 10.0 Å². The molecule has 0 bridgehead atoms. The van der Waals surface area contributed by atoms with Crippen LogP contribution >= 0.6 is 0 Å². The van der Waals surface area contributed by atoms with Crippen LogP contribution < -0.4 is 5.73 Å². The van der Waals surface area contributed by atoms with Crippen LogP contribution in [0, 0.1) is 5.92 Å². The molecule has 0 radical (unpaired) electrons. The Kier molecular flexibility index (Phi) is 5.77. The summed E-state index contributed by atoms with van der Waals surface area (Å²) in [6.07, 6.45) is 0.868. The fourth-order valence-corrected chi connectivity index (χ4v) is 2.89. The van der Waals surface area contributed by atoms with Crippen molar-refractivity contribution in [1.82, 2.24) is 4.31 Å². The molecule has 0 saturated carbocycles. The second-order valence-electron chi connectivity index (χ2n) is 4.59. The van der Waals surface area contributed by atoms with Gasteiger partial charge in [0.25, 0.3) is 0 Å². The average molecular weight is 236 g/mol. The van der Waals surface area contributed by atoms with E-state index in [4.69, 9.17) is 5.73 Å². The molecule has 2 atom stereocenters. The molecule has 0 rings (SSSR count). The second kappa shape index (κ2) is 5.82. The van der Waals surface area contributed by atoms with Crippen LogP contribution in [0.1, 0.15) is 34.1 Å². The van der Waals surface area contributed by atoms with Crippen molar-refractivity contribution in [3.8, 4) is 0 Å². The van der Waals surface area contributed by atoms with Gasteiger partial charge >= 0.3 is 0 Å². The summed E-state index contributed by atoms with van der Waals surface area (Å²) in [4.78, 5) is 0. The maximum atomic E-state index is 11.9. The Labute approximate surface area is 93.9 Å². The zero-order chi connectivity index (χ0) is 12.2. The van der Waals surface area contributed by atoms with E-state index in [1.165, 1.54) is 4.31 Å². The van der Waals surface area contributed by atoms with E-state index in [1.54, 1.807) is 14.0 Å². The molecule has 0 aromatic heterocycles. The number of hydrogen-bond acceptors (Lipinski definition) is 3. The maximum Gasteiger partial charge on any atom is 0.217 e. The molecule has 2 unspecified atom stereocenters. The van der Waals surface area contributed by atoms with E-state index in [2.05, 4.69) is 13.8 Å². The van der Waals surface area contributed by atoms with Crippen LogP contribution in [0.2, 0.25) is 0 Å². The highest BCUT2D eigenvalue weighted by molar-refractivity contribution is 7.89. The topological polar surface area (TPSA) is 63.4 Å². The van der Waals surface area contributed by atoms with Crippen molar-refractivity contribution < 1.29 is 8.42 Å². The van der Waals surface area contributed by atoms with Gasteiger partial charge < -0.3 is 5.73 Å². The normalized spacial score (nSPS) is 17.1. The first-order valence-electron chi connectivity index (χ1n) is 5.40. The SMILES string of the molecule is CC(C)CC(C)N(C)S(=O)(=O)C(C)CN. The third-order valence-corrected chi connectivity index (χ3v) is 5.05. The molecule has 5 heteroatoms. The Morgan fingerprint density at radius 1 is 1.20 bits per heavy atom. The highest BCUT2D eigenvalue weighted by Crippen LogP contribution is 2.15. The molecule has 0 spiro atoms. The van der Waals surface area contributed by atoms with Gasteiger partial charge in [0.05, 0.1) is 5.25 Å². The Bertz CT molecular complexity index is 275. The zero-order valence-corrected chi connectivity index (χ0v) is 11.2. The Morgan fingerprint density at radius 3 is 2.00 bits per heavy atom. The van der Waals surface area contributed by atoms with Crippen LogP contribution in [0.15, 0.2) is 0 Å². The predicted octanol–water partition coefficient (Wildman–Crippen LogP) is 1.03. The van der Waals surface area contributed by atoms with Crippen molar-refractivity contribution in [3.63, 3.8) is 0 Å². The first-order valence-corrected chi connectivity index (χ1v) is 6.90. The second-order valence-corrected chi connectivity index (χ2v) is 7.00. The van der Waals surface area contributed by atoms with Gasteiger partial charge in [-0.3, -0.25) is 0 Å². The van der Waals surface area contributed by atoms with Gasteiger partial charge in [-0.05, 0) is 26.2 Å². The van der Waals surface area contributed by atoms with Crippen LogP contribution in [0.5, 0.6) is 0 Å². The van der Waals surface area contributed by atoms with Gasteiger partial charge in [-0.25, -0.2) is 12.7 Å². The van der Waals surface area contributed by atoms with E-state index in [-0.39, 0.29) is 12.6 Å². The van der Waals surface area contributed by atoms with Crippen molar-refractivity contribution in [1.29, 1.82) is 0 Å². The quantitative estimate of drug-likeness (QED) is 0.749. The van der Waals surface area contributed by atoms with E-state index in [0.29, 0.717) is 5.92 Å². The zero-order valence-electron chi connectivity index (χ0n) is 10.4. The van der Waals surface area contributed by atoms with E-state index < -0.39 is 15.3 Å².